The van der Waals surface area contributed by atoms with Crippen molar-refractivity contribution in [1.82, 2.24) is 5.32 Å². The van der Waals surface area contributed by atoms with Gasteiger partial charge in [0.25, 0.3) is 0 Å². The summed E-state index contributed by atoms with van der Waals surface area (Å²) in [6, 6.07) is 0. The maximum Gasteiger partial charge on any atom is 0.00106 e. The summed E-state index contributed by atoms with van der Waals surface area (Å²) < 4.78 is 0. The molecule has 2 saturated carbocycles. The number of nitrogens with two attached hydrogens (primary N) is 1. The normalized spacial score (nSPS) is 27.2. The van der Waals surface area contributed by atoms with Crippen LogP contribution in [0, 0.1) is 17.3 Å². The highest BCUT2D eigenvalue weighted by molar-refractivity contribution is 5.04. The Hall–Kier alpha value is -0.0800. The van der Waals surface area contributed by atoms with E-state index in [9.17, 15) is 0 Å². The molecule has 3 N–H and O–H groups in total. The van der Waals surface area contributed by atoms with Crippen LogP contribution in [0.5, 0.6) is 0 Å². The van der Waals surface area contributed by atoms with E-state index in [2.05, 4.69) is 12.2 Å². The Labute approximate surface area is 81.3 Å². The predicted molar refractivity (Wildman–Crippen MR) is 55.5 cm³/mol. The van der Waals surface area contributed by atoms with Crippen molar-refractivity contribution >= 4 is 0 Å². The van der Waals surface area contributed by atoms with Gasteiger partial charge >= 0.3 is 0 Å². The molecule has 0 saturated heterocycles. The first-order valence-corrected chi connectivity index (χ1v) is 5.68. The highest BCUT2D eigenvalue weighted by Gasteiger charge is 2.53. The number of hydrogen-bond acceptors (Lipinski definition) is 2. The van der Waals surface area contributed by atoms with Crippen molar-refractivity contribution in [1.29, 1.82) is 0 Å². The van der Waals surface area contributed by atoms with E-state index in [1.165, 1.54) is 32.2 Å². The molecular weight excluding hydrogens is 160 g/mol. The maximum atomic E-state index is 5.57. The summed E-state index contributed by atoms with van der Waals surface area (Å²) in [5, 5.41) is 3.58. The molecule has 0 radical (unpaired) electrons. The molecule has 0 aromatic carbocycles. The molecule has 0 heterocycles. The van der Waals surface area contributed by atoms with Gasteiger partial charge in [0.15, 0.2) is 0 Å². The van der Waals surface area contributed by atoms with Crippen LogP contribution in [0.15, 0.2) is 0 Å². The van der Waals surface area contributed by atoms with Crippen molar-refractivity contribution in [2.75, 3.05) is 19.6 Å². The van der Waals surface area contributed by atoms with Gasteiger partial charge in [-0.05, 0) is 56.0 Å². The third kappa shape index (κ3) is 2.23. The smallest absolute Gasteiger partial charge is 0.00106 e. The average Bonchev–Trinajstić information content (AvgIpc) is 2.96. The molecule has 0 aromatic heterocycles. The number of hydrogen-bond donors (Lipinski definition) is 2. The standard InChI is InChI=1S/C11H22N2/c1-9(6-12)7-13-8-11(4-5-11)10-2-3-10/h9-10,13H,2-8,12H2,1H3. The van der Waals surface area contributed by atoms with Crippen LogP contribution in [0.25, 0.3) is 0 Å². The molecule has 0 amide bonds. The van der Waals surface area contributed by atoms with E-state index in [4.69, 9.17) is 5.73 Å². The van der Waals surface area contributed by atoms with Crippen molar-refractivity contribution in [2.45, 2.75) is 32.6 Å². The molecule has 0 bridgehead atoms. The fourth-order valence-corrected chi connectivity index (χ4v) is 2.24. The molecule has 2 rings (SSSR count). The van der Waals surface area contributed by atoms with Crippen LogP contribution in [-0.4, -0.2) is 19.6 Å². The maximum absolute atomic E-state index is 5.57. The van der Waals surface area contributed by atoms with Crippen molar-refractivity contribution in [2.24, 2.45) is 23.0 Å². The Morgan fingerprint density at radius 2 is 2.15 bits per heavy atom. The molecule has 2 nitrogen and oxygen atoms in total. The second-order valence-corrected chi connectivity index (χ2v) is 5.11. The molecule has 0 spiro atoms. The van der Waals surface area contributed by atoms with Gasteiger partial charge in [0, 0.05) is 6.54 Å². The van der Waals surface area contributed by atoms with Crippen LogP contribution in [0.3, 0.4) is 0 Å². The highest BCUT2D eigenvalue weighted by atomic mass is 14.9. The van der Waals surface area contributed by atoms with Gasteiger partial charge in [-0.25, -0.2) is 0 Å². The second-order valence-electron chi connectivity index (χ2n) is 5.11. The SMILES string of the molecule is CC(CN)CNCC1(C2CC2)CC1. The summed E-state index contributed by atoms with van der Waals surface area (Å²) >= 11 is 0. The Morgan fingerprint density at radius 1 is 1.46 bits per heavy atom. The van der Waals surface area contributed by atoms with Gasteiger partial charge in [0.05, 0.1) is 0 Å². The zero-order valence-corrected chi connectivity index (χ0v) is 8.68. The van der Waals surface area contributed by atoms with Crippen LogP contribution in [0.4, 0.5) is 0 Å². The summed E-state index contributed by atoms with van der Waals surface area (Å²) in [6.45, 7) is 5.38. The lowest BCUT2D eigenvalue weighted by Crippen LogP contribution is -2.31. The molecule has 13 heavy (non-hydrogen) atoms. The molecule has 2 aliphatic carbocycles. The Morgan fingerprint density at radius 3 is 2.62 bits per heavy atom. The fraction of sp³-hybridized carbons (Fsp3) is 1.00. The van der Waals surface area contributed by atoms with Gasteiger partial charge in [-0.1, -0.05) is 6.92 Å². The minimum Gasteiger partial charge on any atom is -0.330 e. The summed E-state index contributed by atoms with van der Waals surface area (Å²) in [6.07, 6.45) is 5.94. The molecule has 76 valence electrons. The fourth-order valence-electron chi connectivity index (χ4n) is 2.24. The Kier molecular flexibility index (Phi) is 2.61. The van der Waals surface area contributed by atoms with E-state index in [1.807, 2.05) is 0 Å². The van der Waals surface area contributed by atoms with Crippen LogP contribution in [0.2, 0.25) is 0 Å². The first-order chi connectivity index (χ1) is 6.27. The van der Waals surface area contributed by atoms with Crippen molar-refractivity contribution in [3.63, 3.8) is 0 Å². The highest BCUT2D eigenvalue weighted by Crippen LogP contribution is 2.60. The minimum absolute atomic E-state index is 0.634. The largest absolute Gasteiger partial charge is 0.330 e. The van der Waals surface area contributed by atoms with Crippen LogP contribution >= 0.6 is 0 Å². The second kappa shape index (κ2) is 3.58. The minimum atomic E-state index is 0.634. The van der Waals surface area contributed by atoms with Crippen molar-refractivity contribution in [3.05, 3.63) is 0 Å². The first kappa shape index (κ1) is 9.47. The molecule has 1 unspecified atom stereocenters. The first-order valence-electron chi connectivity index (χ1n) is 5.68. The molecule has 0 aromatic rings. The van der Waals surface area contributed by atoms with Crippen molar-refractivity contribution in [3.8, 4) is 0 Å². The van der Waals surface area contributed by atoms with Crippen LogP contribution in [-0.2, 0) is 0 Å². The predicted octanol–water partition coefficient (Wildman–Crippen LogP) is 1.36. The molecule has 2 fully saturated rings. The number of rotatable bonds is 6. The van der Waals surface area contributed by atoms with Crippen molar-refractivity contribution < 1.29 is 0 Å². The van der Waals surface area contributed by atoms with E-state index < -0.39 is 0 Å². The van der Waals surface area contributed by atoms with Crippen LogP contribution < -0.4 is 11.1 Å². The lowest BCUT2D eigenvalue weighted by molar-refractivity contribution is 0.386. The Bertz CT molecular complexity index is 171. The zero-order valence-electron chi connectivity index (χ0n) is 8.68. The van der Waals surface area contributed by atoms with E-state index in [1.54, 1.807) is 0 Å². The summed E-state index contributed by atoms with van der Waals surface area (Å²) in [5.41, 5.74) is 6.31. The molecular formula is C11H22N2. The zero-order chi connectivity index (χ0) is 9.31. The van der Waals surface area contributed by atoms with E-state index in [0.717, 1.165) is 24.4 Å². The number of nitrogens with one attached hydrogen (secondary N) is 1. The Balaban J connectivity index is 1.62. The molecule has 1 atom stereocenters. The summed E-state index contributed by atoms with van der Waals surface area (Å²) in [7, 11) is 0. The van der Waals surface area contributed by atoms with Gasteiger partial charge in [0.1, 0.15) is 0 Å². The average molecular weight is 182 g/mol. The van der Waals surface area contributed by atoms with E-state index >= 15 is 0 Å². The molecule has 2 heteroatoms. The van der Waals surface area contributed by atoms with E-state index in [0.29, 0.717) is 5.92 Å². The summed E-state index contributed by atoms with van der Waals surface area (Å²) in [4.78, 5) is 0. The van der Waals surface area contributed by atoms with Gasteiger partial charge in [0.2, 0.25) is 0 Å². The quantitative estimate of drug-likeness (QED) is 0.651. The van der Waals surface area contributed by atoms with Gasteiger partial charge in [-0.3, -0.25) is 0 Å². The third-order valence-corrected chi connectivity index (χ3v) is 3.71. The monoisotopic (exact) mass is 182 g/mol. The lowest BCUT2D eigenvalue weighted by Gasteiger charge is -2.16. The molecule has 2 aliphatic rings. The van der Waals surface area contributed by atoms with Crippen LogP contribution in [0.1, 0.15) is 32.6 Å². The molecule has 0 aliphatic heterocycles. The topological polar surface area (TPSA) is 38.0 Å². The third-order valence-electron chi connectivity index (χ3n) is 3.71. The van der Waals surface area contributed by atoms with E-state index in [-0.39, 0.29) is 0 Å². The lowest BCUT2D eigenvalue weighted by atomic mass is 10.0. The van der Waals surface area contributed by atoms with Gasteiger partial charge in [-0.15, -0.1) is 0 Å². The van der Waals surface area contributed by atoms with Gasteiger partial charge < -0.3 is 11.1 Å². The van der Waals surface area contributed by atoms with Gasteiger partial charge in [-0.2, -0.15) is 0 Å². The summed E-state index contributed by atoms with van der Waals surface area (Å²) in [5.74, 6) is 1.71.